The molecule has 4 nitrogen and oxygen atoms in total. The summed E-state index contributed by atoms with van der Waals surface area (Å²) in [5.41, 5.74) is 4.53. The highest BCUT2D eigenvalue weighted by molar-refractivity contribution is 6.07. The smallest absolute Gasteiger partial charge is 0.267 e. The molecular formula is C10H11N3O. The second-order valence-corrected chi connectivity index (χ2v) is 3.14. The first-order valence-electron chi connectivity index (χ1n) is 4.32. The van der Waals surface area contributed by atoms with Crippen molar-refractivity contribution in [3.8, 4) is 0 Å². The Kier molecular flexibility index (Phi) is 1.98. The summed E-state index contributed by atoms with van der Waals surface area (Å²) < 4.78 is 0. The highest BCUT2D eigenvalue weighted by atomic mass is 16.2. The van der Waals surface area contributed by atoms with E-state index in [1.165, 1.54) is 0 Å². The Balaban J connectivity index is 2.74. The molecule has 72 valence electrons. The van der Waals surface area contributed by atoms with Gasteiger partial charge in [-0.15, -0.1) is 0 Å². The number of H-pyrrole nitrogens is 1. The number of carbonyl (C=O) groups excluding carboxylic acids is 1. The van der Waals surface area contributed by atoms with Gasteiger partial charge in [0, 0.05) is 16.6 Å². The average Bonchev–Trinajstić information content (AvgIpc) is 2.53. The molecule has 2 rings (SSSR count). The van der Waals surface area contributed by atoms with Crippen LogP contribution in [0.3, 0.4) is 0 Å². The number of aromatic amines is 1. The normalized spacial score (nSPS) is 10.4. The van der Waals surface area contributed by atoms with Crippen LogP contribution in [-0.4, -0.2) is 10.9 Å². The van der Waals surface area contributed by atoms with Gasteiger partial charge in [-0.1, -0.05) is 18.2 Å². The predicted molar refractivity (Wildman–Crippen MR) is 54.7 cm³/mol. The fourth-order valence-corrected chi connectivity index (χ4v) is 1.64. The lowest BCUT2D eigenvalue weighted by Crippen LogP contribution is -2.30. The first-order chi connectivity index (χ1) is 6.74. The molecule has 1 aromatic carbocycles. The number of aromatic nitrogens is 1. The number of carbonyl (C=O) groups is 1. The van der Waals surface area contributed by atoms with Gasteiger partial charge in [-0.25, -0.2) is 5.84 Å². The first kappa shape index (κ1) is 8.77. The van der Waals surface area contributed by atoms with Gasteiger partial charge in [0.25, 0.3) is 5.91 Å². The van der Waals surface area contributed by atoms with E-state index in [9.17, 15) is 4.79 Å². The molecule has 0 radical (unpaired) electrons. The molecule has 0 unspecified atom stereocenters. The van der Waals surface area contributed by atoms with Crippen molar-refractivity contribution in [1.82, 2.24) is 10.4 Å². The second-order valence-electron chi connectivity index (χ2n) is 3.14. The van der Waals surface area contributed by atoms with Gasteiger partial charge < -0.3 is 4.98 Å². The molecule has 0 aliphatic carbocycles. The van der Waals surface area contributed by atoms with Crippen LogP contribution in [0.1, 0.15) is 16.1 Å². The third-order valence-corrected chi connectivity index (χ3v) is 2.25. The van der Waals surface area contributed by atoms with Crippen LogP contribution < -0.4 is 11.3 Å². The SMILES string of the molecule is Cc1[nH]c2ccccc2c1C(=O)NN. The Morgan fingerprint density at radius 2 is 2.14 bits per heavy atom. The van der Waals surface area contributed by atoms with Crippen molar-refractivity contribution in [3.63, 3.8) is 0 Å². The van der Waals surface area contributed by atoms with Crippen LogP contribution in [-0.2, 0) is 0 Å². The molecule has 4 heteroatoms. The van der Waals surface area contributed by atoms with Gasteiger partial charge in [0.15, 0.2) is 0 Å². The van der Waals surface area contributed by atoms with Crippen LogP contribution in [0.2, 0.25) is 0 Å². The summed E-state index contributed by atoms with van der Waals surface area (Å²) in [5.74, 6) is 4.85. The van der Waals surface area contributed by atoms with E-state index in [0.29, 0.717) is 5.56 Å². The van der Waals surface area contributed by atoms with E-state index in [2.05, 4.69) is 10.4 Å². The predicted octanol–water partition coefficient (Wildman–Crippen LogP) is 1.08. The number of fused-ring (bicyclic) bond motifs is 1. The minimum Gasteiger partial charge on any atom is -0.358 e. The number of para-hydroxylation sites is 1. The molecule has 0 aliphatic rings. The standard InChI is InChI=1S/C10H11N3O/c1-6-9(10(14)13-11)7-4-2-3-5-8(7)12-6/h2-5,12H,11H2,1H3,(H,13,14). The molecule has 0 saturated heterocycles. The van der Waals surface area contributed by atoms with E-state index in [1.807, 2.05) is 31.2 Å². The molecule has 0 saturated carbocycles. The Hall–Kier alpha value is -1.81. The molecular weight excluding hydrogens is 178 g/mol. The molecule has 1 amide bonds. The van der Waals surface area contributed by atoms with Crippen molar-refractivity contribution in [2.45, 2.75) is 6.92 Å². The van der Waals surface area contributed by atoms with Crippen molar-refractivity contribution in [3.05, 3.63) is 35.5 Å². The Bertz CT molecular complexity index is 487. The van der Waals surface area contributed by atoms with Gasteiger partial charge in [0.05, 0.1) is 5.56 Å². The molecule has 2 aromatic rings. The zero-order chi connectivity index (χ0) is 10.1. The highest BCUT2D eigenvalue weighted by Crippen LogP contribution is 2.21. The Morgan fingerprint density at radius 1 is 1.43 bits per heavy atom. The number of hydrogen-bond donors (Lipinski definition) is 3. The number of nitrogens with one attached hydrogen (secondary N) is 2. The van der Waals surface area contributed by atoms with Gasteiger partial charge in [-0.05, 0) is 13.0 Å². The molecule has 0 atom stereocenters. The topological polar surface area (TPSA) is 70.9 Å². The van der Waals surface area contributed by atoms with Gasteiger partial charge in [-0.2, -0.15) is 0 Å². The van der Waals surface area contributed by atoms with Crippen molar-refractivity contribution in [1.29, 1.82) is 0 Å². The van der Waals surface area contributed by atoms with Crippen LogP contribution in [0.5, 0.6) is 0 Å². The third kappa shape index (κ3) is 1.16. The molecule has 4 N–H and O–H groups in total. The summed E-state index contributed by atoms with van der Waals surface area (Å²) in [7, 11) is 0. The molecule has 0 fully saturated rings. The van der Waals surface area contributed by atoms with E-state index in [1.54, 1.807) is 0 Å². The zero-order valence-corrected chi connectivity index (χ0v) is 7.79. The number of nitrogens with two attached hydrogens (primary N) is 1. The maximum Gasteiger partial charge on any atom is 0.267 e. The van der Waals surface area contributed by atoms with Gasteiger partial charge in [0.2, 0.25) is 0 Å². The van der Waals surface area contributed by atoms with Crippen LogP contribution in [0.4, 0.5) is 0 Å². The number of hydrazine groups is 1. The molecule has 0 aliphatic heterocycles. The maximum absolute atomic E-state index is 11.5. The second kappa shape index (κ2) is 3.16. The van der Waals surface area contributed by atoms with Gasteiger partial charge in [-0.3, -0.25) is 10.2 Å². The quantitative estimate of drug-likeness (QED) is 0.357. The lowest BCUT2D eigenvalue weighted by Gasteiger charge is -1.98. The largest absolute Gasteiger partial charge is 0.358 e. The summed E-state index contributed by atoms with van der Waals surface area (Å²) in [5, 5.41) is 0.896. The van der Waals surface area contributed by atoms with E-state index in [4.69, 9.17) is 5.84 Å². The lowest BCUT2D eigenvalue weighted by atomic mass is 10.1. The molecule has 1 aromatic heterocycles. The Labute approximate surface area is 81.1 Å². The zero-order valence-electron chi connectivity index (χ0n) is 7.79. The maximum atomic E-state index is 11.5. The number of rotatable bonds is 1. The first-order valence-corrected chi connectivity index (χ1v) is 4.32. The van der Waals surface area contributed by atoms with E-state index >= 15 is 0 Å². The summed E-state index contributed by atoms with van der Waals surface area (Å²) >= 11 is 0. The van der Waals surface area contributed by atoms with Crippen LogP contribution >= 0.6 is 0 Å². The minimum absolute atomic E-state index is 0.264. The van der Waals surface area contributed by atoms with Gasteiger partial charge >= 0.3 is 0 Å². The van der Waals surface area contributed by atoms with Crippen molar-refractivity contribution < 1.29 is 4.79 Å². The summed E-state index contributed by atoms with van der Waals surface area (Å²) in [6.45, 7) is 1.85. The number of nitrogen functional groups attached to an aromatic ring is 1. The highest BCUT2D eigenvalue weighted by Gasteiger charge is 2.13. The van der Waals surface area contributed by atoms with Crippen LogP contribution in [0.25, 0.3) is 10.9 Å². The van der Waals surface area contributed by atoms with Crippen LogP contribution in [0.15, 0.2) is 24.3 Å². The third-order valence-electron chi connectivity index (χ3n) is 2.25. The molecule has 14 heavy (non-hydrogen) atoms. The van der Waals surface area contributed by atoms with E-state index < -0.39 is 0 Å². The van der Waals surface area contributed by atoms with Crippen LogP contribution in [0, 0.1) is 6.92 Å². The summed E-state index contributed by atoms with van der Waals surface area (Å²) in [6, 6.07) is 7.63. The fourth-order valence-electron chi connectivity index (χ4n) is 1.64. The van der Waals surface area contributed by atoms with Crippen molar-refractivity contribution in [2.24, 2.45) is 5.84 Å². The number of amides is 1. The van der Waals surface area contributed by atoms with E-state index in [0.717, 1.165) is 16.6 Å². The van der Waals surface area contributed by atoms with Crippen molar-refractivity contribution in [2.75, 3.05) is 0 Å². The molecule has 1 heterocycles. The van der Waals surface area contributed by atoms with Crippen molar-refractivity contribution >= 4 is 16.8 Å². The minimum atomic E-state index is -0.264. The summed E-state index contributed by atoms with van der Waals surface area (Å²) in [6.07, 6.45) is 0. The lowest BCUT2D eigenvalue weighted by molar-refractivity contribution is 0.0955. The molecule has 0 spiro atoms. The van der Waals surface area contributed by atoms with E-state index in [-0.39, 0.29) is 5.91 Å². The molecule has 0 bridgehead atoms. The van der Waals surface area contributed by atoms with Gasteiger partial charge in [0.1, 0.15) is 0 Å². The Morgan fingerprint density at radius 3 is 2.86 bits per heavy atom. The number of aryl methyl sites for hydroxylation is 1. The summed E-state index contributed by atoms with van der Waals surface area (Å²) in [4.78, 5) is 14.6. The number of benzene rings is 1. The average molecular weight is 189 g/mol. The fraction of sp³-hybridized carbons (Fsp3) is 0.100. The number of hydrogen-bond acceptors (Lipinski definition) is 2. The monoisotopic (exact) mass is 189 g/mol.